The molecule has 28 heavy (non-hydrogen) atoms. The maximum Gasteiger partial charge on any atom is 0.223 e. The molecule has 0 unspecified atom stereocenters. The molecule has 146 valence electrons. The van der Waals surface area contributed by atoms with Gasteiger partial charge in [0.05, 0.1) is 16.3 Å². The molecular weight excluding hydrogens is 376 g/mol. The molecule has 1 aliphatic rings. The average molecular weight is 398 g/mol. The van der Waals surface area contributed by atoms with E-state index in [4.69, 9.17) is 0 Å². The molecule has 3 aromatic rings. The number of carbonyl (C=O) groups excluding carboxylic acids is 1. The molecule has 0 atom stereocenters. The number of nitrogens with zero attached hydrogens (tertiary/aromatic N) is 4. The predicted octanol–water partition coefficient (Wildman–Crippen LogP) is 1.96. The lowest BCUT2D eigenvalue weighted by Crippen LogP contribution is -2.37. The first-order valence-electron chi connectivity index (χ1n) is 9.21. The monoisotopic (exact) mass is 398 g/mol. The zero-order chi connectivity index (χ0) is 19.9. The summed E-state index contributed by atoms with van der Waals surface area (Å²) < 4.78 is 24.9. The highest BCUT2D eigenvalue weighted by atomic mass is 32.2. The topological polar surface area (TPSA) is 84.6 Å². The van der Waals surface area contributed by atoms with Gasteiger partial charge in [0.2, 0.25) is 5.91 Å². The van der Waals surface area contributed by atoms with Crippen LogP contribution in [0.25, 0.3) is 5.65 Å². The summed E-state index contributed by atoms with van der Waals surface area (Å²) in [7, 11) is -3.20. The SMILES string of the molecule is Cc1cc2ncc3c(n2n1)CCN(C(=O)CCc1ccc(S(C)(=O)=O)cc1)C3. The van der Waals surface area contributed by atoms with Crippen LogP contribution in [0.5, 0.6) is 0 Å². The molecule has 1 amide bonds. The number of amides is 1. The zero-order valence-electron chi connectivity index (χ0n) is 15.9. The van der Waals surface area contributed by atoms with Gasteiger partial charge in [0.25, 0.3) is 0 Å². The molecule has 8 heteroatoms. The summed E-state index contributed by atoms with van der Waals surface area (Å²) in [6, 6.07) is 8.68. The standard InChI is InChI=1S/C20H22N4O3S/c1-14-11-19-21-12-16-13-23(10-9-18(16)24(19)22-14)20(25)8-5-15-3-6-17(7-4-15)28(2,26)27/h3-4,6-7,11-12H,5,8-10,13H2,1-2H3. The van der Waals surface area contributed by atoms with Crippen LogP contribution in [0.15, 0.2) is 41.4 Å². The summed E-state index contributed by atoms with van der Waals surface area (Å²) in [4.78, 5) is 19.3. The molecule has 7 nitrogen and oxygen atoms in total. The molecule has 0 N–H and O–H groups in total. The van der Waals surface area contributed by atoms with E-state index < -0.39 is 9.84 Å². The van der Waals surface area contributed by atoms with E-state index in [-0.39, 0.29) is 5.91 Å². The lowest BCUT2D eigenvalue weighted by atomic mass is 10.1. The van der Waals surface area contributed by atoms with Crippen LogP contribution >= 0.6 is 0 Å². The van der Waals surface area contributed by atoms with E-state index in [1.807, 2.05) is 28.6 Å². The number of aryl methyl sites for hydroxylation is 2. The minimum absolute atomic E-state index is 0.0922. The highest BCUT2D eigenvalue weighted by molar-refractivity contribution is 7.90. The molecule has 2 aromatic heterocycles. The van der Waals surface area contributed by atoms with Crippen LogP contribution in [0, 0.1) is 6.92 Å². The predicted molar refractivity (Wildman–Crippen MR) is 105 cm³/mol. The van der Waals surface area contributed by atoms with E-state index in [1.54, 1.807) is 24.3 Å². The number of benzene rings is 1. The van der Waals surface area contributed by atoms with Crippen molar-refractivity contribution in [2.45, 2.75) is 37.6 Å². The molecule has 0 radical (unpaired) electrons. The highest BCUT2D eigenvalue weighted by Gasteiger charge is 2.23. The van der Waals surface area contributed by atoms with Crippen molar-refractivity contribution in [3.05, 3.63) is 59.0 Å². The molecular formula is C20H22N4O3S. The Bertz CT molecular complexity index is 1150. The second kappa shape index (κ2) is 7.01. The van der Waals surface area contributed by atoms with Gasteiger partial charge in [-0.2, -0.15) is 5.10 Å². The van der Waals surface area contributed by atoms with Crippen LogP contribution in [0.1, 0.15) is 28.9 Å². The second-order valence-corrected chi connectivity index (χ2v) is 9.28. The lowest BCUT2D eigenvalue weighted by molar-refractivity contribution is -0.132. The van der Waals surface area contributed by atoms with Gasteiger partial charge in [-0.15, -0.1) is 0 Å². The van der Waals surface area contributed by atoms with E-state index in [9.17, 15) is 13.2 Å². The minimum Gasteiger partial charge on any atom is -0.338 e. The molecule has 0 saturated carbocycles. The Morgan fingerprint density at radius 3 is 2.68 bits per heavy atom. The van der Waals surface area contributed by atoms with Crippen LogP contribution in [0.4, 0.5) is 0 Å². The van der Waals surface area contributed by atoms with Gasteiger partial charge in [0.1, 0.15) is 0 Å². The fourth-order valence-electron chi connectivity index (χ4n) is 3.58. The largest absolute Gasteiger partial charge is 0.338 e. The van der Waals surface area contributed by atoms with Crippen molar-refractivity contribution in [1.82, 2.24) is 19.5 Å². The van der Waals surface area contributed by atoms with Crippen molar-refractivity contribution < 1.29 is 13.2 Å². The normalized spacial score (nSPS) is 14.3. The Labute approximate surface area is 163 Å². The first kappa shape index (κ1) is 18.6. The number of fused-ring (bicyclic) bond motifs is 3. The fourth-order valence-corrected chi connectivity index (χ4v) is 4.21. The molecule has 0 aliphatic carbocycles. The van der Waals surface area contributed by atoms with Gasteiger partial charge >= 0.3 is 0 Å². The third kappa shape index (κ3) is 3.64. The summed E-state index contributed by atoms with van der Waals surface area (Å²) in [6.07, 6.45) is 4.76. The molecule has 0 saturated heterocycles. The molecule has 3 heterocycles. The van der Waals surface area contributed by atoms with Gasteiger partial charge < -0.3 is 4.90 Å². The molecule has 1 aliphatic heterocycles. The third-order valence-electron chi connectivity index (χ3n) is 5.10. The fraction of sp³-hybridized carbons (Fsp3) is 0.350. The summed E-state index contributed by atoms with van der Waals surface area (Å²) in [5.74, 6) is 0.0922. The Morgan fingerprint density at radius 1 is 1.21 bits per heavy atom. The first-order valence-corrected chi connectivity index (χ1v) is 11.1. The zero-order valence-corrected chi connectivity index (χ0v) is 16.7. The van der Waals surface area contributed by atoms with E-state index >= 15 is 0 Å². The molecule has 1 aromatic carbocycles. The number of hydrogen-bond acceptors (Lipinski definition) is 5. The van der Waals surface area contributed by atoms with Crippen LogP contribution in [0.3, 0.4) is 0 Å². The molecule has 4 rings (SSSR count). The van der Waals surface area contributed by atoms with Gasteiger partial charge in [-0.1, -0.05) is 12.1 Å². The Kier molecular flexibility index (Phi) is 4.66. The molecule has 0 spiro atoms. The maximum atomic E-state index is 12.7. The average Bonchev–Trinajstić information content (AvgIpc) is 3.06. The number of hydrogen-bond donors (Lipinski definition) is 0. The van der Waals surface area contributed by atoms with Crippen LogP contribution in [-0.4, -0.2) is 46.6 Å². The van der Waals surface area contributed by atoms with Crippen molar-refractivity contribution in [3.8, 4) is 0 Å². The summed E-state index contributed by atoms with van der Waals surface area (Å²) in [6.45, 7) is 3.15. The van der Waals surface area contributed by atoms with Gasteiger partial charge in [-0.05, 0) is 31.0 Å². The van der Waals surface area contributed by atoms with Crippen LogP contribution in [0.2, 0.25) is 0 Å². The van der Waals surface area contributed by atoms with Crippen molar-refractivity contribution in [1.29, 1.82) is 0 Å². The first-order chi connectivity index (χ1) is 13.3. The van der Waals surface area contributed by atoms with E-state index in [0.29, 0.717) is 30.8 Å². The highest BCUT2D eigenvalue weighted by Crippen LogP contribution is 2.21. The van der Waals surface area contributed by atoms with E-state index in [1.165, 1.54) is 6.26 Å². The van der Waals surface area contributed by atoms with Crippen molar-refractivity contribution >= 4 is 21.4 Å². The molecule has 0 bridgehead atoms. The van der Waals surface area contributed by atoms with Crippen molar-refractivity contribution in [3.63, 3.8) is 0 Å². The smallest absolute Gasteiger partial charge is 0.223 e. The van der Waals surface area contributed by atoms with Crippen LogP contribution < -0.4 is 0 Å². The summed E-state index contributed by atoms with van der Waals surface area (Å²) in [5.41, 5.74) is 4.88. The summed E-state index contributed by atoms with van der Waals surface area (Å²) >= 11 is 0. The van der Waals surface area contributed by atoms with Gasteiger partial charge in [0, 0.05) is 50.0 Å². The van der Waals surface area contributed by atoms with Crippen molar-refractivity contribution in [2.75, 3.05) is 12.8 Å². The van der Waals surface area contributed by atoms with E-state index in [0.717, 1.165) is 34.6 Å². The molecule has 0 fully saturated rings. The number of sulfone groups is 1. The number of aromatic nitrogens is 3. The Morgan fingerprint density at radius 2 is 1.96 bits per heavy atom. The second-order valence-electron chi connectivity index (χ2n) is 7.27. The van der Waals surface area contributed by atoms with Crippen LogP contribution in [-0.2, 0) is 34.0 Å². The Hall–Kier alpha value is -2.74. The number of rotatable bonds is 4. The van der Waals surface area contributed by atoms with Gasteiger partial charge in [-0.25, -0.2) is 17.9 Å². The maximum absolute atomic E-state index is 12.7. The Balaban J connectivity index is 1.42. The summed E-state index contributed by atoms with van der Waals surface area (Å²) in [5, 5.41) is 4.50. The quantitative estimate of drug-likeness (QED) is 0.671. The van der Waals surface area contributed by atoms with Gasteiger partial charge in [-0.3, -0.25) is 4.79 Å². The minimum atomic E-state index is -3.20. The third-order valence-corrected chi connectivity index (χ3v) is 6.23. The van der Waals surface area contributed by atoms with E-state index in [2.05, 4.69) is 10.1 Å². The lowest BCUT2D eigenvalue weighted by Gasteiger charge is -2.28. The number of carbonyl (C=O) groups is 1. The van der Waals surface area contributed by atoms with Gasteiger partial charge in [0.15, 0.2) is 15.5 Å². The van der Waals surface area contributed by atoms with Crippen molar-refractivity contribution in [2.24, 2.45) is 0 Å².